The van der Waals surface area contributed by atoms with Gasteiger partial charge in [0, 0.05) is 13.2 Å². The number of hydrogen-bond acceptors (Lipinski definition) is 4. The van der Waals surface area contributed by atoms with Crippen molar-refractivity contribution < 1.29 is 4.74 Å². The van der Waals surface area contributed by atoms with E-state index in [0.717, 1.165) is 13.0 Å². The van der Waals surface area contributed by atoms with Crippen LogP contribution < -0.4 is 10.9 Å². The first-order valence-electron chi connectivity index (χ1n) is 7.02. The molecule has 114 valence electrons. The first-order chi connectivity index (χ1) is 9.43. The number of anilines is 1. The Morgan fingerprint density at radius 3 is 2.65 bits per heavy atom. The first-order valence-corrected chi connectivity index (χ1v) is 7.81. The summed E-state index contributed by atoms with van der Waals surface area (Å²) < 4.78 is 7.49. The molecule has 0 aliphatic rings. The molecule has 0 saturated heterocycles. The molecule has 1 aromatic heterocycles. The summed E-state index contributed by atoms with van der Waals surface area (Å²) in [4.78, 5) is 12.0. The predicted molar refractivity (Wildman–Crippen MR) is 85.3 cm³/mol. The van der Waals surface area contributed by atoms with Crippen LogP contribution in [0.1, 0.15) is 40.2 Å². The summed E-state index contributed by atoms with van der Waals surface area (Å²) in [5.74, 6) is 0.657. The van der Waals surface area contributed by atoms with E-state index in [-0.39, 0.29) is 11.6 Å². The third-order valence-electron chi connectivity index (χ3n) is 2.83. The molecule has 1 aromatic rings. The van der Waals surface area contributed by atoms with Gasteiger partial charge in [0.15, 0.2) is 0 Å². The van der Waals surface area contributed by atoms with Crippen LogP contribution in [0, 0.1) is 5.92 Å². The van der Waals surface area contributed by atoms with Gasteiger partial charge in [-0.15, -0.1) is 0 Å². The zero-order chi connectivity index (χ0) is 15.1. The van der Waals surface area contributed by atoms with Crippen molar-refractivity contribution in [1.29, 1.82) is 0 Å². The maximum Gasteiger partial charge on any atom is 0.283 e. The summed E-state index contributed by atoms with van der Waals surface area (Å²) >= 11 is 3.32. The van der Waals surface area contributed by atoms with E-state index in [4.69, 9.17) is 4.74 Å². The SMILES string of the molecule is CC(C)CCOCCNc1cnn(C(C)C)c(=O)c1Br. The van der Waals surface area contributed by atoms with Gasteiger partial charge < -0.3 is 10.1 Å². The van der Waals surface area contributed by atoms with Gasteiger partial charge in [0.25, 0.3) is 5.56 Å². The minimum absolute atomic E-state index is 0.0483. The minimum atomic E-state index is -0.120. The van der Waals surface area contributed by atoms with E-state index >= 15 is 0 Å². The quantitative estimate of drug-likeness (QED) is 0.735. The van der Waals surface area contributed by atoms with E-state index in [2.05, 4.69) is 40.2 Å². The summed E-state index contributed by atoms with van der Waals surface area (Å²) in [5.41, 5.74) is 0.588. The van der Waals surface area contributed by atoms with Crippen LogP contribution in [0.2, 0.25) is 0 Å². The lowest BCUT2D eigenvalue weighted by Gasteiger charge is -2.12. The second-order valence-electron chi connectivity index (χ2n) is 5.44. The highest BCUT2D eigenvalue weighted by molar-refractivity contribution is 9.10. The van der Waals surface area contributed by atoms with Crippen LogP contribution in [0.25, 0.3) is 0 Å². The van der Waals surface area contributed by atoms with Crippen molar-refractivity contribution in [2.45, 2.75) is 40.2 Å². The third kappa shape index (κ3) is 5.25. The average Bonchev–Trinajstić information content (AvgIpc) is 2.37. The van der Waals surface area contributed by atoms with E-state index in [1.165, 1.54) is 4.68 Å². The van der Waals surface area contributed by atoms with Crippen LogP contribution in [0.5, 0.6) is 0 Å². The molecule has 0 atom stereocenters. The minimum Gasteiger partial charge on any atom is -0.380 e. The van der Waals surface area contributed by atoms with E-state index < -0.39 is 0 Å². The smallest absolute Gasteiger partial charge is 0.283 e. The average molecular weight is 346 g/mol. The molecule has 20 heavy (non-hydrogen) atoms. The summed E-state index contributed by atoms with van der Waals surface area (Å²) in [5, 5.41) is 7.31. The largest absolute Gasteiger partial charge is 0.380 e. The van der Waals surface area contributed by atoms with Crippen molar-refractivity contribution in [2.75, 3.05) is 25.1 Å². The van der Waals surface area contributed by atoms with Gasteiger partial charge in [-0.2, -0.15) is 5.10 Å². The van der Waals surface area contributed by atoms with Gasteiger partial charge >= 0.3 is 0 Å². The Kier molecular flexibility index (Phi) is 7.23. The van der Waals surface area contributed by atoms with Gasteiger partial charge in [0.1, 0.15) is 4.47 Å². The number of rotatable bonds is 8. The molecule has 0 radical (unpaired) electrons. The molecule has 5 nitrogen and oxygen atoms in total. The fourth-order valence-corrected chi connectivity index (χ4v) is 2.04. The zero-order valence-corrected chi connectivity index (χ0v) is 14.2. The van der Waals surface area contributed by atoms with Crippen LogP contribution in [-0.2, 0) is 4.74 Å². The molecule has 0 spiro atoms. The number of aromatic nitrogens is 2. The monoisotopic (exact) mass is 345 g/mol. The van der Waals surface area contributed by atoms with Crippen LogP contribution in [-0.4, -0.2) is 29.5 Å². The fraction of sp³-hybridized carbons (Fsp3) is 0.714. The molecular weight excluding hydrogens is 322 g/mol. The highest BCUT2D eigenvalue weighted by Gasteiger charge is 2.10. The number of hydrogen-bond donors (Lipinski definition) is 1. The topological polar surface area (TPSA) is 56.1 Å². The first kappa shape index (κ1) is 17.2. The number of ether oxygens (including phenoxy) is 1. The lowest BCUT2D eigenvalue weighted by Crippen LogP contribution is -2.26. The Bertz CT molecular complexity index is 472. The highest BCUT2D eigenvalue weighted by atomic mass is 79.9. The van der Waals surface area contributed by atoms with Crippen LogP contribution in [0.15, 0.2) is 15.5 Å². The second-order valence-corrected chi connectivity index (χ2v) is 6.23. The van der Waals surface area contributed by atoms with Gasteiger partial charge in [-0.1, -0.05) is 13.8 Å². The van der Waals surface area contributed by atoms with Crippen molar-refractivity contribution in [1.82, 2.24) is 9.78 Å². The van der Waals surface area contributed by atoms with E-state index in [9.17, 15) is 4.79 Å². The van der Waals surface area contributed by atoms with Crippen molar-refractivity contribution in [3.05, 3.63) is 21.0 Å². The molecule has 0 saturated carbocycles. The molecule has 0 aromatic carbocycles. The lowest BCUT2D eigenvalue weighted by molar-refractivity contribution is 0.132. The summed E-state index contributed by atoms with van der Waals surface area (Å²) in [6, 6.07) is 0.0483. The lowest BCUT2D eigenvalue weighted by atomic mass is 10.1. The summed E-state index contributed by atoms with van der Waals surface area (Å²) in [6.45, 7) is 10.2. The molecule has 0 amide bonds. The number of nitrogens with one attached hydrogen (secondary N) is 1. The molecule has 0 unspecified atom stereocenters. The molecule has 0 aliphatic carbocycles. The van der Waals surface area contributed by atoms with Gasteiger partial charge in [-0.25, -0.2) is 4.68 Å². The molecule has 1 N–H and O–H groups in total. The van der Waals surface area contributed by atoms with Crippen molar-refractivity contribution >= 4 is 21.6 Å². The van der Waals surface area contributed by atoms with Crippen molar-refractivity contribution in [2.24, 2.45) is 5.92 Å². The molecule has 6 heteroatoms. The van der Waals surface area contributed by atoms with Crippen molar-refractivity contribution in [3.8, 4) is 0 Å². The number of halogens is 1. The Labute approximate surface area is 128 Å². The highest BCUT2D eigenvalue weighted by Crippen LogP contribution is 2.16. The molecular formula is C14H24BrN3O2. The maximum absolute atomic E-state index is 12.0. The third-order valence-corrected chi connectivity index (χ3v) is 3.60. The predicted octanol–water partition coefficient (Wildman–Crippen LogP) is 3.06. The van der Waals surface area contributed by atoms with Gasteiger partial charge in [0.2, 0.25) is 0 Å². The fourth-order valence-electron chi connectivity index (χ4n) is 1.61. The van der Waals surface area contributed by atoms with Crippen LogP contribution in [0.3, 0.4) is 0 Å². The van der Waals surface area contributed by atoms with Crippen LogP contribution in [0.4, 0.5) is 5.69 Å². The zero-order valence-electron chi connectivity index (χ0n) is 12.6. The summed E-state index contributed by atoms with van der Waals surface area (Å²) in [6.07, 6.45) is 2.73. The standard InChI is InChI=1S/C14H24BrN3O2/c1-10(2)5-7-20-8-6-16-12-9-17-18(11(3)4)14(19)13(12)15/h9-11,16H,5-8H2,1-4H3. The Hall–Kier alpha value is -0.880. The van der Waals surface area contributed by atoms with E-state index in [1.807, 2.05) is 13.8 Å². The van der Waals surface area contributed by atoms with Crippen molar-refractivity contribution in [3.63, 3.8) is 0 Å². The molecule has 0 aliphatic heterocycles. The number of nitrogens with zero attached hydrogens (tertiary/aromatic N) is 2. The van der Waals surface area contributed by atoms with Gasteiger partial charge in [0.05, 0.1) is 24.5 Å². The summed E-state index contributed by atoms with van der Waals surface area (Å²) in [7, 11) is 0. The normalized spacial score (nSPS) is 11.3. The molecule has 0 fully saturated rings. The second kappa shape index (κ2) is 8.42. The van der Waals surface area contributed by atoms with Gasteiger partial charge in [-0.3, -0.25) is 4.79 Å². The maximum atomic E-state index is 12.0. The molecule has 0 bridgehead atoms. The Morgan fingerprint density at radius 2 is 2.05 bits per heavy atom. The molecule has 1 heterocycles. The Balaban J connectivity index is 2.45. The van der Waals surface area contributed by atoms with E-state index in [0.29, 0.717) is 29.2 Å². The van der Waals surface area contributed by atoms with E-state index in [1.54, 1.807) is 6.20 Å². The van der Waals surface area contributed by atoms with Gasteiger partial charge in [-0.05, 0) is 42.1 Å². The molecule has 1 rings (SSSR count). The Morgan fingerprint density at radius 1 is 1.35 bits per heavy atom. The van der Waals surface area contributed by atoms with Crippen LogP contribution >= 0.6 is 15.9 Å².